The summed E-state index contributed by atoms with van der Waals surface area (Å²) >= 11 is 0. The lowest BCUT2D eigenvalue weighted by molar-refractivity contribution is 0.00187. The Morgan fingerprint density at radius 3 is 2.06 bits per heavy atom. The Hall–Kier alpha value is -2.41. The lowest BCUT2D eigenvalue weighted by Gasteiger charge is -2.44. The van der Waals surface area contributed by atoms with E-state index < -0.39 is 5.60 Å². The summed E-state index contributed by atoms with van der Waals surface area (Å²) in [6, 6.07) is 7.22. The summed E-state index contributed by atoms with van der Waals surface area (Å²) in [5, 5.41) is 0. The molecular formula is C25H35N3O4. The summed E-state index contributed by atoms with van der Waals surface area (Å²) in [6.07, 6.45) is 5.62. The Labute approximate surface area is 190 Å². The van der Waals surface area contributed by atoms with Crippen LogP contribution in [0.5, 0.6) is 0 Å². The number of piperazine rings is 1. The molecule has 0 aromatic heterocycles. The van der Waals surface area contributed by atoms with Crippen LogP contribution in [0.25, 0.3) is 0 Å². The highest BCUT2D eigenvalue weighted by Gasteiger charge is 2.40. The van der Waals surface area contributed by atoms with E-state index in [-0.39, 0.29) is 23.9 Å². The molecule has 7 nitrogen and oxygen atoms in total. The van der Waals surface area contributed by atoms with Crippen molar-refractivity contribution in [2.45, 2.75) is 64.5 Å². The number of ether oxygens (including phenoxy) is 1. The number of amides is 3. The molecule has 0 spiro atoms. The minimum absolute atomic E-state index is 0.123. The first-order chi connectivity index (χ1) is 15.2. The van der Waals surface area contributed by atoms with Crippen LogP contribution < -0.4 is 0 Å². The molecular weight excluding hydrogens is 406 g/mol. The summed E-state index contributed by atoms with van der Waals surface area (Å²) in [4.78, 5) is 44.1. The number of benzene rings is 1. The number of nitrogens with zero attached hydrogens (tertiary/aromatic N) is 3. The van der Waals surface area contributed by atoms with Gasteiger partial charge in [0.2, 0.25) is 0 Å². The van der Waals surface area contributed by atoms with E-state index in [1.165, 1.54) is 24.2 Å². The summed E-state index contributed by atoms with van der Waals surface area (Å²) < 4.78 is 5.53. The van der Waals surface area contributed by atoms with Crippen molar-refractivity contribution >= 4 is 17.9 Å². The number of carbonyl (C=O) groups excluding carboxylic acids is 3. The second-order valence-electron chi connectivity index (χ2n) is 10.2. The van der Waals surface area contributed by atoms with Gasteiger partial charge in [0.25, 0.3) is 11.8 Å². The van der Waals surface area contributed by atoms with Crippen molar-refractivity contribution in [2.24, 2.45) is 5.92 Å². The van der Waals surface area contributed by atoms with E-state index in [1.807, 2.05) is 32.9 Å². The van der Waals surface area contributed by atoms with Crippen molar-refractivity contribution in [3.05, 3.63) is 35.4 Å². The van der Waals surface area contributed by atoms with Crippen molar-refractivity contribution < 1.29 is 19.1 Å². The number of hydrogen-bond donors (Lipinski definition) is 0. The smallest absolute Gasteiger partial charge is 0.410 e. The van der Waals surface area contributed by atoms with Gasteiger partial charge in [0.05, 0.1) is 11.1 Å². The second-order valence-corrected chi connectivity index (χ2v) is 10.2. The molecule has 174 valence electrons. The SMILES string of the molecule is CC(C)(C)OC(=O)N1CCN(C(CN2C(=O)c3ccccc3C2=O)C2CCCCC2)CC1. The average molecular weight is 442 g/mol. The minimum atomic E-state index is -0.510. The monoisotopic (exact) mass is 441 g/mol. The standard InChI is InChI=1S/C25H35N3O4/c1-25(2,3)32-24(31)27-15-13-26(14-16-27)21(18-9-5-4-6-10-18)17-28-22(29)19-11-7-8-12-20(19)23(28)30/h7-8,11-12,18,21H,4-6,9-10,13-17H2,1-3H3. The third-order valence-electron chi connectivity index (χ3n) is 6.88. The van der Waals surface area contributed by atoms with Gasteiger partial charge in [-0.1, -0.05) is 31.4 Å². The Morgan fingerprint density at radius 1 is 0.969 bits per heavy atom. The van der Waals surface area contributed by atoms with Crippen LogP contribution in [0.1, 0.15) is 73.6 Å². The van der Waals surface area contributed by atoms with E-state index in [0.29, 0.717) is 36.7 Å². The van der Waals surface area contributed by atoms with Crippen molar-refractivity contribution in [1.29, 1.82) is 0 Å². The minimum Gasteiger partial charge on any atom is -0.444 e. The molecule has 2 fully saturated rings. The Balaban J connectivity index is 1.46. The van der Waals surface area contributed by atoms with Gasteiger partial charge in [-0.05, 0) is 51.7 Å². The van der Waals surface area contributed by atoms with Crippen molar-refractivity contribution in [3.8, 4) is 0 Å². The molecule has 0 N–H and O–H groups in total. The zero-order valence-corrected chi connectivity index (χ0v) is 19.5. The fourth-order valence-corrected chi connectivity index (χ4v) is 5.24. The molecule has 1 aromatic rings. The number of imide groups is 1. The van der Waals surface area contributed by atoms with E-state index in [9.17, 15) is 14.4 Å². The fraction of sp³-hybridized carbons (Fsp3) is 0.640. The van der Waals surface area contributed by atoms with Gasteiger partial charge in [-0.2, -0.15) is 0 Å². The molecule has 3 amide bonds. The van der Waals surface area contributed by atoms with Crippen LogP contribution in [-0.2, 0) is 4.74 Å². The van der Waals surface area contributed by atoms with Crippen LogP contribution in [0.4, 0.5) is 4.79 Å². The molecule has 32 heavy (non-hydrogen) atoms. The molecule has 4 rings (SSSR count). The van der Waals surface area contributed by atoms with Crippen LogP contribution >= 0.6 is 0 Å². The van der Waals surface area contributed by atoms with Crippen LogP contribution in [0.2, 0.25) is 0 Å². The fourth-order valence-electron chi connectivity index (χ4n) is 5.24. The predicted octanol–water partition coefficient (Wildman–Crippen LogP) is 3.78. The van der Waals surface area contributed by atoms with Crippen LogP contribution in [-0.4, -0.2) is 77.0 Å². The largest absolute Gasteiger partial charge is 0.444 e. The van der Waals surface area contributed by atoms with Gasteiger partial charge in [-0.15, -0.1) is 0 Å². The normalized spacial score (nSPS) is 21.6. The van der Waals surface area contributed by atoms with Gasteiger partial charge < -0.3 is 9.64 Å². The molecule has 1 aliphatic carbocycles. The number of carbonyl (C=O) groups is 3. The highest BCUT2D eigenvalue weighted by molar-refractivity contribution is 6.21. The van der Waals surface area contributed by atoms with Crippen LogP contribution in [0.15, 0.2) is 24.3 Å². The summed E-state index contributed by atoms with van der Waals surface area (Å²) in [7, 11) is 0. The van der Waals surface area contributed by atoms with Gasteiger partial charge in [-0.25, -0.2) is 4.79 Å². The number of hydrogen-bond acceptors (Lipinski definition) is 5. The third kappa shape index (κ3) is 4.82. The molecule has 1 aromatic carbocycles. The van der Waals surface area contributed by atoms with E-state index >= 15 is 0 Å². The lowest BCUT2D eigenvalue weighted by atomic mass is 9.82. The molecule has 0 radical (unpaired) electrons. The quantitative estimate of drug-likeness (QED) is 0.665. The van der Waals surface area contributed by atoms with Crippen molar-refractivity contribution in [2.75, 3.05) is 32.7 Å². The van der Waals surface area contributed by atoms with Gasteiger partial charge in [0.15, 0.2) is 0 Å². The first-order valence-electron chi connectivity index (χ1n) is 11.9. The van der Waals surface area contributed by atoms with Gasteiger partial charge in [0, 0.05) is 38.8 Å². The Bertz CT molecular complexity index is 829. The maximum atomic E-state index is 13.0. The molecule has 1 unspecified atom stereocenters. The zero-order chi connectivity index (χ0) is 22.9. The molecule has 2 aliphatic heterocycles. The third-order valence-corrected chi connectivity index (χ3v) is 6.88. The average Bonchev–Trinajstić information content (AvgIpc) is 3.02. The summed E-state index contributed by atoms with van der Waals surface area (Å²) in [6.45, 7) is 8.70. The van der Waals surface area contributed by atoms with Gasteiger partial charge >= 0.3 is 6.09 Å². The topological polar surface area (TPSA) is 70.2 Å². The molecule has 1 atom stereocenters. The molecule has 7 heteroatoms. The maximum Gasteiger partial charge on any atom is 0.410 e. The molecule has 3 aliphatic rings. The Morgan fingerprint density at radius 2 is 1.53 bits per heavy atom. The number of rotatable bonds is 4. The van der Waals surface area contributed by atoms with E-state index in [4.69, 9.17) is 4.74 Å². The van der Waals surface area contributed by atoms with E-state index in [0.717, 1.165) is 25.9 Å². The lowest BCUT2D eigenvalue weighted by Crippen LogP contribution is -2.57. The van der Waals surface area contributed by atoms with E-state index in [2.05, 4.69) is 4.90 Å². The maximum absolute atomic E-state index is 13.0. The molecule has 0 bridgehead atoms. The second kappa shape index (κ2) is 9.22. The zero-order valence-electron chi connectivity index (χ0n) is 19.5. The summed E-state index contributed by atoms with van der Waals surface area (Å²) in [5.74, 6) is 0.0961. The molecule has 1 saturated heterocycles. The van der Waals surface area contributed by atoms with Crippen LogP contribution in [0, 0.1) is 5.92 Å². The number of fused-ring (bicyclic) bond motifs is 1. The summed E-state index contributed by atoms with van der Waals surface area (Å²) in [5.41, 5.74) is 0.508. The first-order valence-corrected chi connectivity index (χ1v) is 11.9. The first kappa shape index (κ1) is 22.8. The van der Waals surface area contributed by atoms with Gasteiger partial charge in [0.1, 0.15) is 5.60 Å². The highest BCUT2D eigenvalue weighted by Crippen LogP contribution is 2.32. The van der Waals surface area contributed by atoms with Crippen molar-refractivity contribution in [1.82, 2.24) is 14.7 Å². The van der Waals surface area contributed by atoms with Gasteiger partial charge in [-0.3, -0.25) is 19.4 Å². The molecule has 2 heterocycles. The highest BCUT2D eigenvalue weighted by atomic mass is 16.6. The van der Waals surface area contributed by atoms with Crippen molar-refractivity contribution in [3.63, 3.8) is 0 Å². The Kier molecular flexibility index (Phi) is 6.56. The van der Waals surface area contributed by atoms with Crippen LogP contribution in [0.3, 0.4) is 0 Å². The molecule has 1 saturated carbocycles. The predicted molar refractivity (Wildman–Crippen MR) is 122 cm³/mol. The van der Waals surface area contributed by atoms with E-state index in [1.54, 1.807) is 17.0 Å².